The summed E-state index contributed by atoms with van der Waals surface area (Å²) in [6, 6.07) is 2.95. The van der Waals surface area contributed by atoms with E-state index in [0.717, 1.165) is 30.8 Å². The van der Waals surface area contributed by atoms with Gasteiger partial charge in [0.25, 0.3) is 0 Å². The van der Waals surface area contributed by atoms with Crippen molar-refractivity contribution in [2.45, 2.75) is 52.6 Å². The summed E-state index contributed by atoms with van der Waals surface area (Å²) in [6.07, 6.45) is 3.97. The van der Waals surface area contributed by atoms with Gasteiger partial charge in [0.1, 0.15) is 0 Å². The van der Waals surface area contributed by atoms with Crippen molar-refractivity contribution in [1.29, 1.82) is 0 Å². The molecular formula is C18H32N2S. The van der Waals surface area contributed by atoms with Crippen LogP contribution in [-0.2, 0) is 6.54 Å². The third-order valence-corrected chi connectivity index (χ3v) is 5.62. The predicted molar refractivity (Wildman–Crippen MR) is 93.8 cm³/mol. The molecule has 0 radical (unpaired) electrons. The molecule has 1 N–H and O–H groups in total. The molecule has 1 aliphatic carbocycles. The highest BCUT2D eigenvalue weighted by Gasteiger charge is 2.34. The Morgan fingerprint density at radius 2 is 2.14 bits per heavy atom. The standard InChI is InChI=1S/C18H32N2S/c1-5-7-19-18-10-14(2)9-15(3)17(18)12-20(4)11-16-6-8-21-13-16/h6,8,13-15,17-19H,5,7,9-12H2,1-4H3. The van der Waals surface area contributed by atoms with Crippen molar-refractivity contribution < 1.29 is 0 Å². The van der Waals surface area contributed by atoms with Crippen LogP contribution >= 0.6 is 11.3 Å². The molecule has 1 aromatic rings. The predicted octanol–water partition coefficient (Wildman–Crippen LogP) is 4.23. The lowest BCUT2D eigenvalue weighted by atomic mass is 9.72. The monoisotopic (exact) mass is 308 g/mol. The Morgan fingerprint density at radius 3 is 2.81 bits per heavy atom. The minimum atomic E-state index is 0.702. The maximum atomic E-state index is 3.82. The lowest BCUT2D eigenvalue weighted by Gasteiger charge is -2.42. The van der Waals surface area contributed by atoms with Gasteiger partial charge in [0.05, 0.1) is 0 Å². The highest BCUT2D eigenvalue weighted by molar-refractivity contribution is 7.07. The molecule has 1 fully saturated rings. The average molecular weight is 309 g/mol. The van der Waals surface area contributed by atoms with E-state index in [9.17, 15) is 0 Å². The van der Waals surface area contributed by atoms with Crippen molar-refractivity contribution in [3.05, 3.63) is 22.4 Å². The molecule has 1 aliphatic rings. The van der Waals surface area contributed by atoms with Gasteiger partial charge in [-0.2, -0.15) is 11.3 Å². The highest BCUT2D eigenvalue weighted by Crippen LogP contribution is 2.34. The lowest BCUT2D eigenvalue weighted by Crippen LogP contribution is -2.48. The largest absolute Gasteiger partial charge is 0.314 e. The van der Waals surface area contributed by atoms with Crippen LogP contribution in [-0.4, -0.2) is 31.1 Å². The van der Waals surface area contributed by atoms with E-state index < -0.39 is 0 Å². The summed E-state index contributed by atoms with van der Waals surface area (Å²) in [4.78, 5) is 2.51. The van der Waals surface area contributed by atoms with Gasteiger partial charge in [0.2, 0.25) is 0 Å². The van der Waals surface area contributed by atoms with Gasteiger partial charge in [-0.3, -0.25) is 0 Å². The molecule has 0 amide bonds. The Morgan fingerprint density at radius 1 is 1.33 bits per heavy atom. The molecule has 0 spiro atoms. The molecule has 120 valence electrons. The molecule has 3 heteroatoms. The van der Waals surface area contributed by atoms with E-state index >= 15 is 0 Å². The van der Waals surface area contributed by atoms with Gasteiger partial charge in [0, 0.05) is 19.1 Å². The molecule has 2 nitrogen and oxygen atoms in total. The molecule has 0 aliphatic heterocycles. The van der Waals surface area contributed by atoms with Crippen LogP contribution in [0.2, 0.25) is 0 Å². The third-order valence-electron chi connectivity index (χ3n) is 4.89. The van der Waals surface area contributed by atoms with Crippen LogP contribution in [0.3, 0.4) is 0 Å². The number of rotatable bonds is 7. The van der Waals surface area contributed by atoms with Crippen LogP contribution in [0.5, 0.6) is 0 Å². The summed E-state index contributed by atoms with van der Waals surface area (Å²) in [5.41, 5.74) is 1.46. The van der Waals surface area contributed by atoms with Gasteiger partial charge in [-0.15, -0.1) is 0 Å². The Bertz CT molecular complexity index is 390. The molecule has 1 saturated carbocycles. The molecule has 1 heterocycles. The Hall–Kier alpha value is -0.380. The molecule has 1 aromatic heterocycles. The minimum Gasteiger partial charge on any atom is -0.314 e. The molecule has 0 aromatic carbocycles. The molecule has 4 atom stereocenters. The topological polar surface area (TPSA) is 15.3 Å². The first-order chi connectivity index (χ1) is 10.1. The van der Waals surface area contributed by atoms with Crippen molar-refractivity contribution in [1.82, 2.24) is 10.2 Å². The fourth-order valence-electron chi connectivity index (χ4n) is 3.90. The van der Waals surface area contributed by atoms with Gasteiger partial charge in [-0.25, -0.2) is 0 Å². The third kappa shape index (κ3) is 5.08. The van der Waals surface area contributed by atoms with E-state index in [-0.39, 0.29) is 0 Å². The zero-order valence-corrected chi connectivity index (χ0v) is 15.0. The Balaban J connectivity index is 1.92. The maximum Gasteiger partial charge on any atom is 0.0239 e. The average Bonchev–Trinajstić information content (AvgIpc) is 2.92. The van der Waals surface area contributed by atoms with E-state index in [2.05, 4.69) is 54.9 Å². The van der Waals surface area contributed by atoms with Crippen LogP contribution in [0.25, 0.3) is 0 Å². The smallest absolute Gasteiger partial charge is 0.0239 e. The second kappa shape index (κ2) is 8.30. The summed E-state index contributed by atoms with van der Waals surface area (Å²) in [5, 5.41) is 8.28. The summed E-state index contributed by atoms with van der Waals surface area (Å²) < 4.78 is 0. The van der Waals surface area contributed by atoms with Crippen molar-refractivity contribution in [2.24, 2.45) is 17.8 Å². The first-order valence-corrected chi connectivity index (χ1v) is 9.47. The quantitative estimate of drug-likeness (QED) is 0.811. The zero-order valence-electron chi connectivity index (χ0n) is 14.1. The second-order valence-electron chi connectivity index (χ2n) is 7.11. The van der Waals surface area contributed by atoms with Crippen molar-refractivity contribution in [3.63, 3.8) is 0 Å². The van der Waals surface area contributed by atoms with Crippen molar-refractivity contribution >= 4 is 11.3 Å². The van der Waals surface area contributed by atoms with E-state index in [4.69, 9.17) is 0 Å². The molecule has 0 bridgehead atoms. The number of hydrogen-bond donors (Lipinski definition) is 1. The first kappa shape index (κ1) is 17.0. The number of nitrogens with one attached hydrogen (secondary N) is 1. The normalized spacial score (nSPS) is 30.0. The fourth-order valence-corrected chi connectivity index (χ4v) is 4.56. The molecular weight excluding hydrogens is 276 g/mol. The van der Waals surface area contributed by atoms with Crippen molar-refractivity contribution in [2.75, 3.05) is 20.1 Å². The molecule has 21 heavy (non-hydrogen) atoms. The van der Waals surface area contributed by atoms with Gasteiger partial charge in [0.15, 0.2) is 0 Å². The number of thiophene rings is 1. The minimum absolute atomic E-state index is 0.702. The van der Waals surface area contributed by atoms with E-state index in [1.807, 2.05) is 0 Å². The van der Waals surface area contributed by atoms with E-state index in [1.165, 1.54) is 31.4 Å². The van der Waals surface area contributed by atoms with Crippen LogP contribution in [0.1, 0.15) is 45.6 Å². The molecule has 4 unspecified atom stereocenters. The van der Waals surface area contributed by atoms with Gasteiger partial charge in [-0.1, -0.05) is 20.8 Å². The van der Waals surface area contributed by atoms with Gasteiger partial charge >= 0.3 is 0 Å². The second-order valence-corrected chi connectivity index (χ2v) is 7.89. The molecule has 2 rings (SSSR count). The summed E-state index contributed by atoms with van der Waals surface area (Å²) in [7, 11) is 2.28. The SMILES string of the molecule is CCCNC1CC(C)CC(C)C1CN(C)Cc1ccsc1. The van der Waals surface area contributed by atoms with Crippen LogP contribution in [0.15, 0.2) is 16.8 Å². The zero-order chi connectivity index (χ0) is 15.2. The van der Waals surface area contributed by atoms with Crippen LogP contribution in [0.4, 0.5) is 0 Å². The summed E-state index contributed by atoms with van der Waals surface area (Å²) >= 11 is 1.80. The summed E-state index contributed by atoms with van der Waals surface area (Å²) in [6.45, 7) is 10.6. The first-order valence-electron chi connectivity index (χ1n) is 8.53. The number of hydrogen-bond acceptors (Lipinski definition) is 3. The maximum absolute atomic E-state index is 3.82. The number of nitrogens with zero attached hydrogens (tertiary/aromatic N) is 1. The van der Waals surface area contributed by atoms with Crippen LogP contribution in [0, 0.1) is 17.8 Å². The molecule has 0 saturated heterocycles. The fraction of sp³-hybridized carbons (Fsp3) is 0.778. The van der Waals surface area contributed by atoms with E-state index in [1.54, 1.807) is 11.3 Å². The lowest BCUT2D eigenvalue weighted by molar-refractivity contribution is 0.109. The Labute approximate surface area is 134 Å². The van der Waals surface area contributed by atoms with Gasteiger partial charge in [-0.05, 0) is 73.0 Å². The van der Waals surface area contributed by atoms with Gasteiger partial charge < -0.3 is 10.2 Å². The van der Waals surface area contributed by atoms with Crippen LogP contribution < -0.4 is 5.32 Å². The Kier molecular flexibility index (Phi) is 6.72. The van der Waals surface area contributed by atoms with E-state index in [0.29, 0.717) is 6.04 Å². The summed E-state index contributed by atoms with van der Waals surface area (Å²) in [5.74, 6) is 2.48. The highest BCUT2D eigenvalue weighted by atomic mass is 32.1. The van der Waals surface area contributed by atoms with Crippen molar-refractivity contribution in [3.8, 4) is 0 Å².